The number of carbonyl (C=O) groups is 2. The summed E-state index contributed by atoms with van der Waals surface area (Å²) in [6.07, 6.45) is 30.9. The van der Waals surface area contributed by atoms with Crippen LogP contribution in [0, 0.1) is 0 Å². The van der Waals surface area contributed by atoms with Gasteiger partial charge in [0, 0.05) is 12.8 Å². The maximum absolute atomic E-state index is 12.5. The molecule has 0 aromatic heterocycles. The molecule has 0 amide bonds. The van der Waals surface area contributed by atoms with E-state index in [2.05, 4.69) is 30.5 Å². The van der Waals surface area contributed by atoms with Crippen molar-refractivity contribution >= 4 is 19.8 Å². The third-order valence-electron chi connectivity index (χ3n) is 8.42. The van der Waals surface area contributed by atoms with Crippen molar-refractivity contribution in [3.63, 3.8) is 0 Å². The van der Waals surface area contributed by atoms with Gasteiger partial charge in [0.05, 0.1) is 19.8 Å². The minimum Gasteiger partial charge on any atom is -0.462 e. The summed E-state index contributed by atoms with van der Waals surface area (Å²) < 4.78 is 32.4. The quantitative estimate of drug-likeness (QED) is 0.0245. The van der Waals surface area contributed by atoms with Crippen molar-refractivity contribution in [2.45, 2.75) is 193 Å². The van der Waals surface area contributed by atoms with E-state index in [-0.39, 0.29) is 19.4 Å². The van der Waals surface area contributed by atoms with Gasteiger partial charge < -0.3 is 24.6 Å². The van der Waals surface area contributed by atoms with Crippen molar-refractivity contribution in [1.82, 2.24) is 0 Å². The number of esters is 2. The van der Waals surface area contributed by atoms with Gasteiger partial charge in [0.2, 0.25) is 0 Å². The fourth-order valence-corrected chi connectivity index (χ4v) is 6.13. The lowest BCUT2D eigenvalue weighted by Crippen LogP contribution is -2.29. The van der Waals surface area contributed by atoms with Crippen LogP contribution in [0.5, 0.6) is 0 Å². The zero-order chi connectivity index (χ0) is 36.3. The van der Waals surface area contributed by atoms with E-state index in [4.69, 9.17) is 19.1 Å². The van der Waals surface area contributed by atoms with Crippen molar-refractivity contribution in [2.24, 2.45) is 0 Å². The van der Waals surface area contributed by atoms with E-state index < -0.39 is 51.8 Å². The van der Waals surface area contributed by atoms with Crippen LogP contribution < -0.4 is 0 Å². The topological polar surface area (TPSA) is 149 Å². The smallest absolute Gasteiger partial charge is 0.462 e. The molecule has 0 aliphatic heterocycles. The van der Waals surface area contributed by atoms with Gasteiger partial charge >= 0.3 is 19.8 Å². The summed E-state index contributed by atoms with van der Waals surface area (Å²) in [6.45, 7) is 2.28. The Morgan fingerprint density at radius 2 is 1.00 bits per heavy atom. The Hall–Kier alpha value is -1.29. The fourth-order valence-electron chi connectivity index (χ4n) is 5.34. The van der Waals surface area contributed by atoms with Crippen molar-refractivity contribution in [3.8, 4) is 0 Å². The Morgan fingerprint density at radius 3 is 1.47 bits per heavy atom. The molecule has 49 heavy (non-hydrogen) atoms. The number of ether oxygens (including phenoxy) is 2. The number of hydrogen-bond donors (Lipinski definition) is 3. The highest BCUT2D eigenvalue weighted by Gasteiger charge is 2.27. The molecule has 0 aliphatic carbocycles. The predicted octanol–water partition coefficient (Wildman–Crippen LogP) is 9.67. The van der Waals surface area contributed by atoms with E-state index in [1.54, 1.807) is 0 Å². The van der Waals surface area contributed by atoms with Crippen LogP contribution in [0.25, 0.3) is 0 Å². The van der Waals surface area contributed by atoms with Crippen molar-refractivity contribution in [1.29, 1.82) is 0 Å². The molecule has 0 fully saturated rings. The molecule has 0 saturated carbocycles. The normalized spacial score (nSPS) is 14.1. The summed E-state index contributed by atoms with van der Waals surface area (Å²) in [7, 11) is -4.60. The van der Waals surface area contributed by atoms with Crippen molar-refractivity contribution < 1.29 is 47.8 Å². The Balaban J connectivity index is 4.10. The SMILES string of the molecule is CCCCCCCCCC/C=C\CCCCCCCCCCCC(=O)OC(COC(=O)CCCCCCC)COP(=O)(O)OCC(O)CO. The van der Waals surface area contributed by atoms with Crippen LogP contribution in [0.3, 0.4) is 0 Å². The minimum atomic E-state index is -4.60. The van der Waals surface area contributed by atoms with Crippen LogP contribution in [0.15, 0.2) is 12.2 Å². The highest BCUT2D eigenvalue weighted by atomic mass is 31.2. The molecular formula is C38H73O10P. The van der Waals surface area contributed by atoms with Gasteiger partial charge in [0.25, 0.3) is 0 Å². The monoisotopic (exact) mass is 720 g/mol. The number of allylic oxidation sites excluding steroid dienone is 2. The summed E-state index contributed by atoms with van der Waals surface area (Å²) in [5, 5.41) is 18.2. The molecule has 3 atom stereocenters. The molecule has 290 valence electrons. The number of hydrogen-bond acceptors (Lipinski definition) is 9. The Morgan fingerprint density at radius 1 is 0.592 bits per heavy atom. The summed E-state index contributed by atoms with van der Waals surface area (Å²) in [5.74, 6) is -0.936. The van der Waals surface area contributed by atoms with E-state index in [0.29, 0.717) is 12.8 Å². The minimum absolute atomic E-state index is 0.185. The molecule has 11 heteroatoms. The molecule has 0 spiro atoms. The molecule has 3 N–H and O–H groups in total. The number of unbranched alkanes of at least 4 members (excludes halogenated alkanes) is 21. The van der Waals surface area contributed by atoms with Crippen LogP contribution in [-0.4, -0.2) is 65.7 Å². The van der Waals surface area contributed by atoms with Crippen LogP contribution in [0.1, 0.15) is 181 Å². The zero-order valence-corrected chi connectivity index (χ0v) is 32.1. The van der Waals surface area contributed by atoms with Gasteiger partial charge in [-0.2, -0.15) is 0 Å². The third-order valence-corrected chi connectivity index (χ3v) is 9.37. The lowest BCUT2D eigenvalue weighted by Gasteiger charge is -2.20. The predicted molar refractivity (Wildman–Crippen MR) is 196 cm³/mol. The number of rotatable bonds is 37. The van der Waals surface area contributed by atoms with Crippen molar-refractivity contribution in [2.75, 3.05) is 26.4 Å². The molecular weight excluding hydrogens is 647 g/mol. The first kappa shape index (κ1) is 47.7. The van der Waals surface area contributed by atoms with E-state index in [9.17, 15) is 24.2 Å². The van der Waals surface area contributed by atoms with Gasteiger partial charge in [0.1, 0.15) is 12.7 Å². The molecule has 10 nitrogen and oxygen atoms in total. The second-order valence-corrected chi connectivity index (χ2v) is 14.8. The number of phosphoric acid groups is 1. The van der Waals surface area contributed by atoms with E-state index in [0.717, 1.165) is 44.9 Å². The lowest BCUT2D eigenvalue weighted by atomic mass is 10.1. The maximum atomic E-state index is 12.5. The maximum Gasteiger partial charge on any atom is 0.472 e. The van der Waals surface area contributed by atoms with E-state index in [1.165, 1.54) is 96.3 Å². The molecule has 0 aliphatic rings. The molecule has 0 bridgehead atoms. The first-order valence-electron chi connectivity index (χ1n) is 19.6. The Bertz CT molecular complexity index is 837. The van der Waals surface area contributed by atoms with Gasteiger partial charge in [-0.05, 0) is 38.5 Å². The second kappa shape index (κ2) is 35.1. The average Bonchev–Trinajstić information content (AvgIpc) is 3.09. The number of phosphoric ester groups is 1. The first-order valence-corrected chi connectivity index (χ1v) is 21.1. The molecule has 0 aromatic carbocycles. The van der Waals surface area contributed by atoms with E-state index >= 15 is 0 Å². The molecule has 0 radical (unpaired) electrons. The highest BCUT2D eigenvalue weighted by Crippen LogP contribution is 2.43. The average molecular weight is 721 g/mol. The highest BCUT2D eigenvalue weighted by molar-refractivity contribution is 7.47. The molecule has 3 unspecified atom stereocenters. The van der Waals surface area contributed by atoms with E-state index in [1.807, 2.05) is 0 Å². The van der Waals surface area contributed by atoms with Crippen molar-refractivity contribution in [3.05, 3.63) is 12.2 Å². The Labute approximate surface area is 298 Å². The third kappa shape index (κ3) is 34.9. The number of aliphatic hydroxyl groups is 2. The zero-order valence-electron chi connectivity index (χ0n) is 31.2. The largest absolute Gasteiger partial charge is 0.472 e. The lowest BCUT2D eigenvalue weighted by molar-refractivity contribution is -0.161. The van der Waals surface area contributed by atoms with Gasteiger partial charge in [-0.1, -0.05) is 142 Å². The summed E-state index contributed by atoms with van der Waals surface area (Å²) in [6, 6.07) is 0. The summed E-state index contributed by atoms with van der Waals surface area (Å²) in [5.41, 5.74) is 0. The van der Waals surface area contributed by atoms with Gasteiger partial charge in [-0.25, -0.2) is 4.57 Å². The number of aliphatic hydroxyl groups excluding tert-OH is 2. The van der Waals surface area contributed by atoms with Gasteiger partial charge in [0.15, 0.2) is 6.10 Å². The fraction of sp³-hybridized carbons (Fsp3) is 0.895. The Kier molecular flexibility index (Phi) is 34.2. The molecule has 0 rings (SSSR count). The van der Waals surface area contributed by atoms with Gasteiger partial charge in [-0.3, -0.25) is 18.6 Å². The number of carbonyl (C=O) groups excluding carboxylic acids is 2. The van der Waals surface area contributed by atoms with Crippen LogP contribution >= 0.6 is 7.82 Å². The summed E-state index contributed by atoms with van der Waals surface area (Å²) in [4.78, 5) is 34.5. The summed E-state index contributed by atoms with van der Waals surface area (Å²) >= 11 is 0. The van der Waals surface area contributed by atoms with Crippen LogP contribution in [0.2, 0.25) is 0 Å². The first-order chi connectivity index (χ1) is 23.7. The molecule has 0 aromatic rings. The van der Waals surface area contributed by atoms with Crippen LogP contribution in [-0.2, 0) is 32.7 Å². The standard InChI is InChI=1S/C38H73O10P/c1-3-5-7-9-10-11-12-13-14-15-16-17-18-19-20-21-22-23-24-26-28-30-38(42)48-36(33-45-37(41)29-27-25-8-6-4-2)34-47-49(43,44)46-32-35(40)31-39/h15-16,35-36,39-40H,3-14,17-34H2,1-2H3,(H,43,44)/b16-15-. The molecule has 0 saturated heterocycles. The van der Waals surface area contributed by atoms with Crippen LogP contribution in [0.4, 0.5) is 0 Å². The van der Waals surface area contributed by atoms with Gasteiger partial charge in [-0.15, -0.1) is 0 Å². The second-order valence-electron chi connectivity index (χ2n) is 13.3. The molecule has 0 heterocycles.